The summed E-state index contributed by atoms with van der Waals surface area (Å²) in [4.78, 5) is 33.1. The topological polar surface area (TPSA) is 71.1 Å². The van der Waals surface area contributed by atoms with Gasteiger partial charge in [0, 0.05) is 17.5 Å². The van der Waals surface area contributed by atoms with Gasteiger partial charge in [0.05, 0.1) is 9.88 Å². The number of piperidine rings is 1. The first kappa shape index (κ1) is 22.9. The van der Waals surface area contributed by atoms with E-state index in [0.29, 0.717) is 17.2 Å². The molecule has 5 nitrogen and oxygen atoms in total. The monoisotopic (exact) mass is 473 g/mol. The van der Waals surface area contributed by atoms with Gasteiger partial charge in [-0.3, -0.25) is 9.59 Å². The Balaban J connectivity index is 1.49. The second-order valence-electron chi connectivity index (χ2n) is 9.54. The highest BCUT2D eigenvalue weighted by Crippen LogP contribution is 2.45. The third kappa shape index (κ3) is 4.84. The number of aryl methyl sites for hydroxylation is 2. The van der Waals surface area contributed by atoms with Crippen molar-refractivity contribution < 1.29 is 9.59 Å². The fourth-order valence-electron chi connectivity index (χ4n) is 4.56. The lowest BCUT2D eigenvalue weighted by molar-refractivity contribution is 0.0823. The summed E-state index contributed by atoms with van der Waals surface area (Å²) in [6.07, 6.45) is 5.24. The molecule has 2 aromatic carbocycles. The van der Waals surface area contributed by atoms with Gasteiger partial charge in [-0.1, -0.05) is 42.8 Å². The number of carbonyl (C=O) groups excluding carboxylic acids is 2. The molecule has 176 valence electrons. The van der Waals surface area contributed by atoms with Crippen molar-refractivity contribution >= 4 is 23.0 Å². The molecule has 1 saturated heterocycles. The van der Waals surface area contributed by atoms with Gasteiger partial charge in [0.2, 0.25) is 5.78 Å². The second kappa shape index (κ2) is 9.80. The predicted molar refractivity (Wildman–Crippen MR) is 137 cm³/mol. The Morgan fingerprint density at radius 2 is 1.82 bits per heavy atom. The Hall–Kier alpha value is -2.83. The van der Waals surface area contributed by atoms with Gasteiger partial charge >= 0.3 is 0 Å². The Kier molecular flexibility index (Phi) is 6.61. The highest BCUT2D eigenvalue weighted by atomic mass is 32.1. The molecule has 2 atom stereocenters. The number of nitrogens with zero attached hydrogens (tertiary/aromatic N) is 1. The van der Waals surface area contributed by atoms with Crippen LogP contribution in [0, 0.1) is 13.8 Å². The van der Waals surface area contributed by atoms with Crippen molar-refractivity contribution in [2.45, 2.75) is 64.0 Å². The van der Waals surface area contributed by atoms with E-state index in [1.165, 1.54) is 0 Å². The quantitative estimate of drug-likeness (QED) is 0.449. The normalized spacial score (nSPS) is 18.9. The number of benzene rings is 2. The van der Waals surface area contributed by atoms with Gasteiger partial charge in [-0.25, -0.2) is 4.98 Å². The maximum Gasteiger partial charge on any atom is 0.251 e. The SMILES string of the molecule is Cc1ccc(C(=O)N[C@H](C(=O)c2nc(C3CC3)sc2-c2ccccc2)C2CCCCN2)cc1C. The van der Waals surface area contributed by atoms with Crippen molar-refractivity contribution in [3.63, 3.8) is 0 Å². The molecule has 1 aliphatic carbocycles. The van der Waals surface area contributed by atoms with Crippen LogP contribution < -0.4 is 10.6 Å². The first-order valence-corrected chi connectivity index (χ1v) is 13.0. The lowest BCUT2D eigenvalue weighted by atomic mass is 9.92. The van der Waals surface area contributed by atoms with Crippen molar-refractivity contribution in [3.05, 3.63) is 75.9 Å². The molecule has 2 fully saturated rings. The van der Waals surface area contributed by atoms with Crippen molar-refractivity contribution in [3.8, 4) is 10.4 Å². The molecule has 2 heterocycles. The van der Waals surface area contributed by atoms with Crippen molar-refractivity contribution in [1.82, 2.24) is 15.6 Å². The number of carbonyl (C=O) groups is 2. The van der Waals surface area contributed by atoms with Crippen LogP contribution in [0.2, 0.25) is 0 Å². The molecule has 1 aromatic heterocycles. The fourth-order valence-corrected chi connectivity index (χ4v) is 5.81. The molecule has 6 heteroatoms. The molecule has 1 amide bonds. The van der Waals surface area contributed by atoms with Crippen LogP contribution in [0.4, 0.5) is 0 Å². The van der Waals surface area contributed by atoms with Crippen LogP contribution in [0.15, 0.2) is 48.5 Å². The summed E-state index contributed by atoms with van der Waals surface area (Å²) in [6, 6.07) is 14.9. The summed E-state index contributed by atoms with van der Waals surface area (Å²) in [5, 5.41) is 7.62. The Morgan fingerprint density at radius 1 is 1.03 bits per heavy atom. The van der Waals surface area contributed by atoms with E-state index in [1.54, 1.807) is 11.3 Å². The van der Waals surface area contributed by atoms with Gasteiger partial charge in [-0.2, -0.15) is 0 Å². The van der Waals surface area contributed by atoms with Gasteiger partial charge in [-0.05, 0) is 74.9 Å². The van der Waals surface area contributed by atoms with Crippen LogP contribution in [-0.4, -0.2) is 35.3 Å². The molecule has 3 aromatic rings. The van der Waals surface area contributed by atoms with E-state index >= 15 is 0 Å². The summed E-state index contributed by atoms with van der Waals surface area (Å²) in [5.74, 6) is 0.150. The molecule has 1 unspecified atom stereocenters. The molecule has 34 heavy (non-hydrogen) atoms. The third-order valence-corrected chi connectivity index (χ3v) is 8.20. The number of hydrogen-bond donors (Lipinski definition) is 2. The van der Waals surface area contributed by atoms with Crippen LogP contribution in [0.25, 0.3) is 10.4 Å². The number of aromatic nitrogens is 1. The summed E-state index contributed by atoms with van der Waals surface area (Å²) in [5.41, 5.74) is 4.28. The summed E-state index contributed by atoms with van der Waals surface area (Å²) < 4.78 is 0. The predicted octanol–water partition coefficient (Wildman–Crippen LogP) is 5.43. The average molecular weight is 474 g/mol. The molecule has 0 bridgehead atoms. The van der Waals surface area contributed by atoms with Crippen LogP contribution in [0.1, 0.15) is 75.0 Å². The van der Waals surface area contributed by atoms with E-state index < -0.39 is 6.04 Å². The maximum atomic E-state index is 14.1. The zero-order valence-corrected chi connectivity index (χ0v) is 20.6. The first-order valence-electron chi connectivity index (χ1n) is 12.2. The first-order chi connectivity index (χ1) is 16.5. The maximum absolute atomic E-state index is 14.1. The molecule has 1 aliphatic heterocycles. The number of thiazole rings is 1. The minimum Gasteiger partial charge on any atom is -0.340 e. The van der Waals surface area contributed by atoms with E-state index in [2.05, 4.69) is 10.6 Å². The average Bonchev–Trinajstić information content (AvgIpc) is 3.63. The summed E-state index contributed by atoms with van der Waals surface area (Å²) in [6.45, 7) is 4.88. The molecule has 5 rings (SSSR count). The van der Waals surface area contributed by atoms with Gasteiger partial charge in [0.15, 0.2) is 0 Å². The van der Waals surface area contributed by atoms with E-state index in [0.717, 1.165) is 65.2 Å². The Labute approximate surface area is 205 Å². The van der Waals surface area contributed by atoms with Crippen LogP contribution in [-0.2, 0) is 0 Å². The lowest BCUT2D eigenvalue weighted by Crippen LogP contribution is -2.55. The molecule has 2 aliphatic rings. The van der Waals surface area contributed by atoms with Gasteiger partial charge < -0.3 is 10.6 Å². The number of amides is 1. The molecule has 1 saturated carbocycles. The zero-order chi connectivity index (χ0) is 23.7. The molecule has 0 radical (unpaired) electrons. The Bertz CT molecular complexity index is 1190. The van der Waals surface area contributed by atoms with Crippen molar-refractivity contribution in [2.24, 2.45) is 0 Å². The standard InChI is InChI=1S/C28H31N3O2S/c1-17-11-12-21(16-18(17)2)27(33)30-23(22-10-6-7-15-29-22)25(32)24-26(19-8-4-3-5-9-19)34-28(31-24)20-13-14-20/h3-5,8-9,11-12,16,20,22-23,29H,6-7,10,13-15H2,1-2H3,(H,30,33)/t22?,23-/m0/s1. The van der Waals surface area contributed by atoms with Gasteiger partial charge in [0.1, 0.15) is 11.7 Å². The highest BCUT2D eigenvalue weighted by molar-refractivity contribution is 7.15. The number of Topliss-reactive ketones (excluding diaryl/α,β-unsaturated/α-hetero) is 1. The van der Waals surface area contributed by atoms with Crippen molar-refractivity contribution in [1.29, 1.82) is 0 Å². The van der Waals surface area contributed by atoms with Gasteiger partial charge in [0.25, 0.3) is 5.91 Å². The largest absolute Gasteiger partial charge is 0.340 e. The lowest BCUT2D eigenvalue weighted by Gasteiger charge is -2.31. The third-order valence-electron chi connectivity index (χ3n) is 6.93. The number of ketones is 1. The summed E-state index contributed by atoms with van der Waals surface area (Å²) >= 11 is 1.63. The fraction of sp³-hybridized carbons (Fsp3) is 0.393. The van der Waals surface area contributed by atoms with E-state index in [4.69, 9.17) is 4.98 Å². The highest BCUT2D eigenvalue weighted by Gasteiger charge is 2.36. The number of rotatable bonds is 7. The second-order valence-corrected chi connectivity index (χ2v) is 10.6. The Morgan fingerprint density at radius 3 is 2.50 bits per heavy atom. The molecule has 0 spiro atoms. The van der Waals surface area contributed by atoms with Crippen molar-refractivity contribution in [2.75, 3.05) is 6.54 Å². The molecule has 2 N–H and O–H groups in total. The van der Waals surface area contributed by atoms with E-state index in [9.17, 15) is 9.59 Å². The van der Waals surface area contributed by atoms with E-state index in [-0.39, 0.29) is 17.7 Å². The van der Waals surface area contributed by atoms with Gasteiger partial charge in [-0.15, -0.1) is 11.3 Å². The van der Waals surface area contributed by atoms with Crippen LogP contribution in [0.5, 0.6) is 0 Å². The number of hydrogen-bond acceptors (Lipinski definition) is 5. The van der Waals surface area contributed by atoms with Crippen LogP contribution in [0.3, 0.4) is 0 Å². The smallest absolute Gasteiger partial charge is 0.251 e. The zero-order valence-electron chi connectivity index (χ0n) is 19.8. The van der Waals surface area contributed by atoms with E-state index in [1.807, 2.05) is 62.4 Å². The molecular weight excluding hydrogens is 442 g/mol. The number of nitrogens with one attached hydrogen (secondary N) is 2. The summed E-state index contributed by atoms with van der Waals surface area (Å²) in [7, 11) is 0. The minimum absolute atomic E-state index is 0.0985. The van der Waals surface area contributed by atoms with Crippen LogP contribution >= 0.6 is 11.3 Å². The molecular formula is C28H31N3O2S. The minimum atomic E-state index is -0.661.